The van der Waals surface area contributed by atoms with Gasteiger partial charge >= 0.3 is 0 Å². The molecule has 26 heavy (non-hydrogen) atoms. The summed E-state index contributed by atoms with van der Waals surface area (Å²) >= 11 is 0. The number of methoxy groups -OCH3 is 1. The maximum Gasteiger partial charge on any atom is 0.242 e. The summed E-state index contributed by atoms with van der Waals surface area (Å²) in [5.41, 5.74) is 1.16. The predicted molar refractivity (Wildman–Crippen MR) is 97.2 cm³/mol. The number of rotatable bonds is 7. The number of hydrogen-bond donors (Lipinski definition) is 1. The van der Waals surface area contributed by atoms with E-state index in [-0.39, 0.29) is 24.8 Å². The molecule has 0 aromatic heterocycles. The van der Waals surface area contributed by atoms with Crippen LogP contribution in [0.2, 0.25) is 0 Å². The first kappa shape index (κ1) is 19.4. The van der Waals surface area contributed by atoms with Gasteiger partial charge in [0.1, 0.15) is 17.6 Å². The second kappa shape index (κ2) is 8.99. The van der Waals surface area contributed by atoms with Gasteiger partial charge in [0, 0.05) is 13.6 Å². The largest absolute Gasteiger partial charge is 0.497 e. The minimum Gasteiger partial charge on any atom is -0.497 e. The molecule has 138 valence electrons. The lowest BCUT2D eigenvalue weighted by Crippen LogP contribution is -2.47. The Labute approximate surface area is 152 Å². The number of nitrogens with zero attached hydrogens (tertiary/aromatic N) is 1. The molecule has 2 aromatic carbocycles. The van der Waals surface area contributed by atoms with Crippen LogP contribution in [-0.4, -0.2) is 36.9 Å². The van der Waals surface area contributed by atoms with Gasteiger partial charge in [0.05, 0.1) is 13.5 Å². The summed E-state index contributed by atoms with van der Waals surface area (Å²) in [6.45, 7) is 1.90. The Bertz CT molecular complexity index is 762. The van der Waals surface area contributed by atoms with Crippen molar-refractivity contribution in [3.63, 3.8) is 0 Å². The lowest BCUT2D eigenvalue weighted by atomic mass is 10.1. The van der Waals surface area contributed by atoms with Gasteiger partial charge in [0.15, 0.2) is 0 Å². The van der Waals surface area contributed by atoms with Gasteiger partial charge in [-0.2, -0.15) is 0 Å². The van der Waals surface area contributed by atoms with Gasteiger partial charge < -0.3 is 15.0 Å². The molecule has 1 N–H and O–H groups in total. The third kappa shape index (κ3) is 4.81. The molecule has 2 aromatic rings. The number of benzene rings is 2. The highest BCUT2D eigenvalue weighted by Gasteiger charge is 2.26. The number of nitrogens with one attached hydrogen (secondary N) is 1. The van der Waals surface area contributed by atoms with E-state index in [4.69, 9.17) is 4.74 Å². The van der Waals surface area contributed by atoms with Crippen LogP contribution in [-0.2, 0) is 22.6 Å². The third-order valence-corrected chi connectivity index (χ3v) is 4.23. The van der Waals surface area contributed by atoms with E-state index in [0.29, 0.717) is 11.3 Å². The quantitative estimate of drug-likeness (QED) is 0.827. The highest BCUT2D eigenvalue weighted by molar-refractivity contribution is 5.88. The Balaban J connectivity index is 2.23. The number of amides is 2. The van der Waals surface area contributed by atoms with Gasteiger partial charge in [-0.15, -0.1) is 0 Å². The van der Waals surface area contributed by atoms with Crippen LogP contribution >= 0.6 is 0 Å². The smallest absolute Gasteiger partial charge is 0.242 e. The first-order valence-electron chi connectivity index (χ1n) is 8.33. The molecule has 0 saturated carbocycles. The standard InChI is InChI=1S/C20H23FN2O3/c1-14(20(25)22-2)23(13-15-8-10-17(26-3)11-9-15)19(24)12-16-6-4-5-7-18(16)21/h4-11,14H,12-13H2,1-3H3,(H,22,25)/t14-/m0/s1. The summed E-state index contributed by atoms with van der Waals surface area (Å²) < 4.78 is 19.0. The zero-order valence-electron chi connectivity index (χ0n) is 15.2. The zero-order valence-corrected chi connectivity index (χ0v) is 15.2. The maximum atomic E-state index is 13.9. The molecule has 0 heterocycles. The van der Waals surface area contributed by atoms with Gasteiger partial charge in [-0.05, 0) is 36.2 Å². The van der Waals surface area contributed by atoms with Crippen molar-refractivity contribution in [2.75, 3.05) is 14.2 Å². The molecule has 0 aliphatic carbocycles. The Morgan fingerprint density at radius 2 is 1.81 bits per heavy atom. The first-order valence-corrected chi connectivity index (χ1v) is 8.33. The molecule has 0 aliphatic rings. The molecule has 0 bridgehead atoms. The minimum atomic E-state index is -0.679. The summed E-state index contributed by atoms with van der Waals surface area (Å²) in [6, 6.07) is 12.7. The average molecular weight is 358 g/mol. The molecule has 0 spiro atoms. The van der Waals surface area contributed by atoms with Crippen LogP contribution in [0.15, 0.2) is 48.5 Å². The molecule has 6 heteroatoms. The monoisotopic (exact) mass is 358 g/mol. The highest BCUT2D eigenvalue weighted by atomic mass is 19.1. The fourth-order valence-electron chi connectivity index (χ4n) is 2.63. The molecule has 2 rings (SSSR count). The number of hydrogen-bond acceptors (Lipinski definition) is 3. The molecule has 1 atom stereocenters. The van der Waals surface area contributed by atoms with Crippen LogP contribution in [0.3, 0.4) is 0 Å². The second-order valence-corrected chi connectivity index (χ2v) is 5.93. The van der Waals surface area contributed by atoms with E-state index < -0.39 is 11.9 Å². The SMILES string of the molecule is CNC(=O)[C@H](C)N(Cc1ccc(OC)cc1)C(=O)Cc1ccccc1F. The van der Waals surface area contributed by atoms with Gasteiger partial charge in [-0.3, -0.25) is 9.59 Å². The van der Waals surface area contributed by atoms with Crippen LogP contribution in [0, 0.1) is 5.82 Å². The molecule has 0 unspecified atom stereocenters. The van der Waals surface area contributed by atoms with Crippen molar-refractivity contribution in [1.29, 1.82) is 0 Å². The van der Waals surface area contributed by atoms with Crippen molar-refractivity contribution in [2.24, 2.45) is 0 Å². The summed E-state index contributed by atoms with van der Waals surface area (Å²) in [5.74, 6) is -0.322. The van der Waals surface area contributed by atoms with Crippen LogP contribution in [0.5, 0.6) is 5.75 Å². The molecule has 0 fully saturated rings. The van der Waals surface area contributed by atoms with E-state index in [9.17, 15) is 14.0 Å². The fraction of sp³-hybridized carbons (Fsp3) is 0.300. The summed E-state index contributed by atoms with van der Waals surface area (Å²) in [4.78, 5) is 26.3. The Morgan fingerprint density at radius 1 is 1.15 bits per heavy atom. The van der Waals surface area contributed by atoms with Crippen molar-refractivity contribution >= 4 is 11.8 Å². The van der Waals surface area contributed by atoms with Gasteiger partial charge in [0.2, 0.25) is 11.8 Å². The van der Waals surface area contributed by atoms with Crippen molar-refractivity contribution in [3.8, 4) is 5.75 Å². The highest BCUT2D eigenvalue weighted by Crippen LogP contribution is 2.17. The van der Waals surface area contributed by atoms with E-state index in [1.54, 1.807) is 44.4 Å². The van der Waals surface area contributed by atoms with E-state index in [1.165, 1.54) is 18.0 Å². The molecule has 0 radical (unpaired) electrons. The van der Waals surface area contributed by atoms with Crippen LogP contribution in [0.1, 0.15) is 18.1 Å². The molecule has 5 nitrogen and oxygen atoms in total. The number of likely N-dealkylation sites (N-methyl/N-ethyl adjacent to an activating group) is 1. The number of halogens is 1. The summed E-state index contributed by atoms with van der Waals surface area (Å²) in [6.07, 6.45) is -0.107. The number of carbonyl (C=O) groups excluding carboxylic acids is 2. The lowest BCUT2D eigenvalue weighted by Gasteiger charge is -2.28. The van der Waals surface area contributed by atoms with Gasteiger partial charge in [-0.1, -0.05) is 30.3 Å². The molecular weight excluding hydrogens is 335 g/mol. The summed E-state index contributed by atoms with van der Waals surface area (Å²) in [5, 5.41) is 2.55. The number of carbonyl (C=O) groups is 2. The topological polar surface area (TPSA) is 58.6 Å². The molecular formula is C20H23FN2O3. The molecule has 2 amide bonds. The first-order chi connectivity index (χ1) is 12.5. The predicted octanol–water partition coefficient (Wildman–Crippen LogP) is 2.54. The minimum absolute atomic E-state index is 0.107. The van der Waals surface area contributed by atoms with Crippen LogP contribution < -0.4 is 10.1 Å². The lowest BCUT2D eigenvalue weighted by molar-refractivity contribution is -0.139. The van der Waals surface area contributed by atoms with Crippen molar-refractivity contribution in [3.05, 3.63) is 65.5 Å². The van der Waals surface area contributed by atoms with Crippen molar-refractivity contribution in [1.82, 2.24) is 10.2 Å². The Hall–Kier alpha value is -2.89. The van der Waals surface area contributed by atoms with Crippen LogP contribution in [0.4, 0.5) is 4.39 Å². The van der Waals surface area contributed by atoms with E-state index in [2.05, 4.69) is 5.32 Å². The van der Waals surface area contributed by atoms with Gasteiger partial charge in [0.25, 0.3) is 0 Å². The van der Waals surface area contributed by atoms with E-state index >= 15 is 0 Å². The molecule has 0 saturated heterocycles. The van der Waals surface area contributed by atoms with Gasteiger partial charge in [-0.25, -0.2) is 4.39 Å². The second-order valence-electron chi connectivity index (χ2n) is 5.93. The zero-order chi connectivity index (χ0) is 19.1. The fourth-order valence-corrected chi connectivity index (χ4v) is 2.63. The molecule has 0 aliphatic heterocycles. The van der Waals surface area contributed by atoms with E-state index in [0.717, 1.165) is 5.56 Å². The third-order valence-electron chi connectivity index (χ3n) is 4.23. The van der Waals surface area contributed by atoms with Crippen molar-refractivity contribution in [2.45, 2.75) is 25.9 Å². The van der Waals surface area contributed by atoms with E-state index in [1.807, 2.05) is 12.1 Å². The summed E-state index contributed by atoms with van der Waals surface area (Å²) in [7, 11) is 3.10. The van der Waals surface area contributed by atoms with Crippen molar-refractivity contribution < 1.29 is 18.7 Å². The number of ether oxygens (including phenoxy) is 1. The van der Waals surface area contributed by atoms with Crippen LogP contribution in [0.25, 0.3) is 0 Å². The Kier molecular flexibility index (Phi) is 6.72. The average Bonchev–Trinajstić information content (AvgIpc) is 2.67. The Morgan fingerprint density at radius 3 is 2.38 bits per heavy atom. The normalized spacial score (nSPS) is 11.5. The maximum absolute atomic E-state index is 13.9.